The number of aromatic nitrogens is 1. The number of ether oxygens (including phenoxy) is 1. The van der Waals surface area contributed by atoms with Gasteiger partial charge < -0.3 is 20.7 Å². The van der Waals surface area contributed by atoms with E-state index in [-0.39, 0.29) is 18.1 Å². The Morgan fingerprint density at radius 1 is 1.04 bits per heavy atom. The average molecular weight is 366 g/mol. The summed E-state index contributed by atoms with van der Waals surface area (Å²) in [5.74, 6) is -0.0642. The van der Waals surface area contributed by atoms with Gasteiger partial charge in [-0.3, -0.25) is 9.78 Å². The summed E-state index contributed by atoms with van der Waals surface area (Å²) >= 11 is 0. The Morgan fingerprint density at radius 3 is 2.48 bits per heavy atom. The van der Waals surface area contributed by atoms with Crippen LogP contribution in [-0.2, 0) is 4.79 Å². The molecule has 0 radical (unpaired) electrons. The largest absolute Gasteiger partial charge is 0.497 e. The molecule has 27 heavy (non-hydrogen) atoms. The van der Waals surface area contributed by atoms with Crippen molar-refractivity contribution in [3.8, 4) is 5.75 Å². The van der Waals surface area contributed by atoms with E-state index in [4.69, 9.17) is 4.74 Å². The van der Waals surface area contributed by atoms with Gasteiger partial charge in [0, 0.05) is 23.8 Å². The first-order valence-corrected chi connectivity index (χ1v) is 8.29. The molecule has 3 N–H and O–H groups in total. The molecule has 0 atom stereocenters. The minimum atomic E-state index is -0.467. The number of rotatable bonds is 7. The smallest absolute Gasteiger partial charge is 0.243 e. The van der Waals surface area contributed by atoms with Crippen LogP contribution in [0.1, 0.15) is 0 Å². The van der Waals surface area contributed by atoms with Gasteiger partial charge in [0.05, 0.1) is 25.0 Å². The van der Waals surface area contributed by atoms with E-state index in [0.29, 0.717) is 17.1 Å². The molecular weight excluding hydrogens is 347 g/mol. The van der Waals surface area contributed by atoms with Crippen molar-refractivity contribution in [1.82, 2.24) is 4.98 Å². The van der Waals surface area contributed by atoms with Crippen LogP contribution in [0.4, 0.5) is 27.1 Å². The molecule has 0 saturated heterocycles. The lowest BCUT2D eigenvalue weighted by atomic mass is 10.2. The van der Waals surface area contributed by atoms with E-state index < -0.39 is 5.82 Å². The third-order valence-electron chi connectivity index (χ3n) is 3.78. The van der Waals surface area contributed by atoms with E-state index >= 15 is 0 Å². The van der Waals surface area contributed by atoms with Gasteiger partial charge in [0.15, 0.2) is 0 Å². The SMILES string of the molecule is COc1ccc(Nc2c(F)cccc2NC(=O)CNc2ccncc2)cc1. The number of hydrogen-bond acceptors (Lipinski definition) is 5. The van der Waals surface area contributed by atoms with Crippen molar-refractivity contribution in [3.63, 3.8) is 0 Å². The van der Waals surface area contributed by atoms with E-state index in [2.05, 4.69) is 20.9 Å². The van der Waals surface area contributed by atoms with Crippen LogP contribution in [0.25, 0.3) is 0 Å². The zero-order valence-electron chi connectivity index (χ0n) is 14.7. The van der Waals surface area contributed by atoms with Gasteiger partial charge in [0.2, 0.25) is 5.91 Å². The highest BCUT2D eigenvalue weighted by Gasteiger charge is 2.12. The number of amides is 1. The predicted molar refractivity (Wildman–Crippen MR) is 104 cm³/mol. The maximum atomic E-state index is 14.3. The van der Waals surface area contributed by atoms with Crippen LogP contribution in [0.2, 0.25) is 0 Å². The maximum Gasteiger partial charge on any atom is 0.243 e. The zero-order valence-corrected chi connectivity index (χ0v) is 14.7. The van der Waals surface area contributed by atoms with Crippen LogP contribution >= 0.6 is 0 Å². The summed E-state index contributed by atoms with van der Waals surface area (Å²) in [7, 11) is 1.58. The Bertz CT molecular complexity index is 902. The molecule has 3 rings (SSSR count). The second-order valence-electron chi connectivity index (χ2n) is 5.65. The topological polar surface area (TPSA) is 75.3 Å². The minimum Gasteiger partial charge on any atom is -0.497 e. The van der Waals surface area contributed by atoms with Crippen molar-refractivity contribution in [1.29, 1.82) is 0 Å². The Morgan fingerprint density at radius 2 is 1.78 bits per heavy atom. The quantitative estimate of drug-likeness (QED) is 0.589. The lowest BCUT2D eigenvalue weighted by Gasteiger charge is -2.15. The van der Waals surface area contributed by atoms with Crippen LogP contribution < -0.4 is 20.7 Å². The van der Waals surface area contributed by atoms with Crippen molar-refractivity contribution < 1.29 is 13.9 Å². The van der Waals surface area contributed by atoms with E-state index in [1.165, 1.54) is 6.07 Å². The third-order valence-corrected chi connectivity index (χ3v) is 3.78. The number of hydrogen-bond donors (Lipinski definition) is 3. The highest BCUT2D eigenvalue weighted by molar-refractivity contribution is 5.97. The molecule has 0 aliphatic rings. The van der Waals surface area contributed by atoms with Gasteiger partial charge in [-0.25, -0.2) is 4.39 Å². The van der Waals surface area contributed by atoms with Crippen molar-refractivity contribution in [3.05, 3.63) is 72.8 Å². The molecule has 6 nitrogen and oxygen atoms in total. The molecule has 1 heterocycles. The van der Waals surface area contributed by atoms with E-state index in [1.807, 2.05) is 0 Å². The van der Waals surface area contributed by atoms with Gasteiger partial charge in [-0.05, 0) is 48.5 Å². The van der Waals surface area contributed by atoms with Crippen LogP contribution in [0.3, 0.4) is 0 Å². The molecule has 0 aliphatic carbocycles. The van der Waals surface area contributed by atoms with Crippen molar-refractivity contribution >= 4 is 28.7 Å². The minimum absolute atomic E-state index is 0.0441. The monoisotopic (exact) mass is 366 g/mol. The Hall–Kier alpha value is -3.61. The first-order valence-electron chi connectivity index (χ1n) is 8.29. The number of nitrogens with zero attached hydrogens (tertiary/aromatic N) is 1. The molecule has 0 bridgehead atoms. The first kappa shape index (κ1) is 18.2. The lowest BCUT2D eigenvalue weighted by molar-refractivity contribution is -0.114. The number of anilines is 4. The number of carbonyl (C=O) groups is 1. The molecule has 3 aromatic rings. The first-order chi connectivity index (χ1) is 13.2. The molecule has 0 spiro atoms. The molecule has 0 saturated carbocycles. The fourth-order valence-electron chi connectivity index (χ4n) is 2.42. The molecule has 0 unspecified atom stereocenters. The van der Waals surface area contributed by atoms with Gasteiger partial charge in [0.1, 0.15) is 11.6 Å². The zero-order chi connectivity index (χ0) is 19.1. The van der Waals surface area contributed by atoms with Gasteiger partial charge in [-0.2, -0.15) is 0 Å². The molecule has 0 aliphatic heterocycles. The second-order valence-corrected chi connectivity index (χ2v) is 5.65. The van der Waals surface area contributed by atoms with Crippen molar-refractivity contribution in [2.45, 2.75) is 0 Å². The molecule has 138 valence electrons. The Balaban J connectivity index is 1.69. The van der Waals surface area contributed by atoms with Crippen molar-refractivity contribution in [2.75, 3.05) is 29.6 Å². The number of methoxy groups -OCH3 is 1. The second kappa shape index (κ2) is 8.66. The summed E-state index contributed by atoms with van der Waals surface area (Å²) in [6.07, 6.45) is 3.26. The Kier molecular flexibility index (Phi) is 5.84. The standard InChI is InChI=1S/C20H19FN4O2/c1-27-16-7-5-15(6-8-16)24-20-17(21)3-2-4-18(20)25-19(26)13-23-14-9-11-22-12-10-14/h2-12,24H,13H2,1H3,(H,22,23)(H,25,26). The molecule has 2 aromatic carbocycles. The molecule has 1 aromatic heterocycles. The normalized spacial score (nSPS) is 10.1. The molecule has 7 heteroatoms. The summed E-state index contributed by atoms with van der Waals surface area (Å²) in [6, 6.07) is 15.1. The maximum absolute atomic E-state index is 14.3. The van der Waals surface area contributed by atoms with Gasteiger partial charge >= 0.3 is 0 Å². The number of carbonyl (C=O) groups excluding carboxylic acids is 1. The third kappa shape index (κ3) is 4.94. The number of pyridine rings is 1. The fourth-order valence-corrected chi connectivity index (χ4v) is 2.42. The van der Waals surface area contributed by atoms with Gasteiger partial charge in [-0.15, -0.1) is 0 Å². The molecule has 0 fully saturated rings. The summed E-state index contributed by atoms with van der Waals surface area (Å²) in [4.78, 5) is 16.1. The van der Waals surface area contributed by atoms with Gasteiger partial charge in [-0.1, -0.05) is 6.07 Å². The van der Waals surface area contributed by atoms with Crippen LogP contribution in [0.15, 0.2) is 67.0 Å². The van der Waals surface area contributed by atoms with E-state index in [1.54, 1.807) is 68.0 Å². The van der Waals surface area contributed by atoms with Gasteiger partial charge in [0.25, 0.3) is 0 Å². The molecular formula is C20H19FN4O2. The number of benzene rings is 2. The average Bonchev–Trinajstić information content (AvgIpc) is 2.70. The van der Waals surface area contributed by atoms with Crippen molar-refractivity contribution in [2.24, 2.45) is 0 Å². The van der Waals surface area contributed by atoms with Crippen LogP contribution in [-0.4, -0.2) is 24.5 Å². The highest BCUT2D eigenvalue weighted by atomic mass is 19.1. The lowest BCUT2D eigenvalue weighted by Crippen LogP contribution is -2.22. The summed E-state index contributed by atoms with van der Waals surface area (Å²) < 4.78 is 19.4. The summed E-state index contributed by atoms with van der Waals surface area (Å²) in [5, 5.41) is 8.70. The molecule has 1 amide bonds. The summed E-state index contributed by atoms with van der Waals surface area (Å²) in [5.41, 5.74) is 1.99. The van der Waals surface area contributed by atoms with E-state index in [0.717, 1.165) is 5.69 Å². The Labute approximate surface area is 156 Å². The highest BCUT2D eigenvalue weighted by Crippen LogP contribution is 2.29. The fraction of sp³-hybridized carbons (Fsp3) is 0.100. The number of nitrogens with one attached hydrogen (secondary N) is 3. The summed E-state index contributed by atoms with van der Waals surface area (Å²) in [6.45, 7) is 0.0441. The predicted octanol–water partition coefficient (Wildman–Crippen LogP) is 4.02. The van der Waals surface area contributed by atoms with Crippen LogP contribution in [0.5, 0.6) is 5.75 Å². The van der Waals surface area contributed by atoms with E-state index in [9.17, 15) is 9.18 Å². The number of para-hydroxylation sites is 1. The van der Waals surface area contributed by atoms with Crippen LogP contribution in [0, 0.1) is 5.82 Å². The number of halogens is 1.